The van der Waals surface area contributed by atoms with Crippen molar-refractivity contribution in [1.82, 2.24) is 0 Å². The van der Waals surface area contributed by atoms with Crippen LogP contribution in [0.2, 0.25) is 0 Å². The van der Waals surface area contributed by atoms with Gasteiger partial charge in [0.2, 0.25) is 0 Å². The summed E-state index contributed by atoms with van der Waals surface area (Å²) < 4.78 is 141. The second-order valence-electron chi connectivity index (χ2n) is 21.9. The summed E-state index contributed by atoms with van der Waals surface area (Å²) >= 11 is 0. The predicted octanol–water partition coefficient (Wildman–Crippen LogP) is 17.5. The normalized spacial score (nSPS) is 12.3. The zero-order valence-corrected chi connectivity index (χ0v) is 51.5. The SMILES string of the molecule is CCCCCc1cc(S(=O)(=O)O)ccc1-c1ccc(-c2ccc(S(=O)(=O)O)cc2)c(-c2ccccc2)c1-c1ccc(-c2c(-c3ccccc3)c(-c3ccc(S(=O)(=O)O)cc3)cc(-c3ccc(C(C)(CC)CC)cc3)c2-c2ccc(S(=O)(=O)O)cc2)cc1. The summed E-state index contributed by atoms with van der Waals surface area (Å²) in [6.07, 6.45) is 4.75. The molecule has 87 heavy (non-hydrogen) atoms. The van der Waals surface area contributed by atoms with Gasteiger partial charge in [0.25, 0.3) is 40.5 Å². The summed E-state index contributed by atoms with van der Waals surface area (Å²) in [6, 6.07) is 64.2. The lowest BCUT2D eigenvalue weighted by molar-refractivity contribution is 0.439. The molecule has 0 spiro atoms. The molecule has 0 heterocycles. The van der Waals surface area contributed by atoms with Crippen LogP contribution in [-0.4, -0.2) is 51.9 Å². The molecule has 0 fully saturated rings. The summed E-state index contributed by atoms with van der Waals surface area (Å²) in [7, 11) is -18.3. The topological polar surface area (TPSA) is 217 Å². The molecule has 10 aromatic carbocycles. The monoisotopic (exact) mass is 1240 g/mol. The minimum Gasteiger partial charge on any atom is -0.282 e. The van der Waals surface area contributed by atoms with E-state index in [1.165, 1.54) is 48.5 Å². The van der Waals surface area contributed by atoms with E-state index >= 15 is 0 Å². The molecule has 0 aliphatic rings. The van der Waals surface area contributed by atoms with Gasteiger partial charge in [-0.2, -0.15) is 33.7 Å². The molecule has 10 rings (SSSR count). The molecule has 10 aromatic rings. The van der Waals surface area contributed by atoms with Crippen molar-refractivity contribution in [2.75, 3.05) is 0 Å². The fraction of sp³-hybridized carbons (Fsp3) is 0.155. The van der Waals surface area contributed by atoms with Crippen LogP contribution in [-0.2, 0) is 52.3 Å². The van der Waals surface area contributed by atoms with Crippen LogP contribution >= 0.6 is 0 Å². The van der Waals surface area contributed by atoms with Crippen LogP contribution in [0.5, 0.6) is 0 Å². The highest BCUT2D eigenvalue weighted by atomic mass is 32.2. The molecular weight excluding hydrogens is 1170 g/mol. The summed E-state index contributed by atoms with van der Waals surface area (Å²) in [5.41, 5.74) is 14.5. The van der Waals surface area contributed by atoms with Crippen molar-refractivity contribution >= 4 is 40.5 Å². The molecule has 0 unspecified atom stereocenters. The average molecular weight is 1240 g/mol. The van der Waals surface area contributed by atoms with E-state index < -0.39 is 40.5 Å². The van der Waals surface area contributed by atoms with Gasteiger partial charge in [-0.3, -0.25) is 18.2 Å². The molecule has 0 aliphatic heterocycles. The Labute approximate surface area is 509 Å². The first kappa shape index (κ1) is 61.9. The Bertz CT molecular complexity index is 4650. The van der Waals surface area contributed by atoms with Gasteiger partial charge >= 0.3 is 0 Å². The van der Waals surface area contributed by atoms with Crippen LogP contribution in [0.3, 0.4) is 0 Å². The Morgan fingerprint density at radius 2 is 0.632 bits per heavy atom. The van der Waals surface area contributed by atoms with Crippen molar-refractivity contribution in [1.29, 1.82) is 0 Å². The van der Waals surface area contributed by atoms with Crippen molar-refractivity contribution in [3.8, 4) is 100 Å². The van der Waals surface area contributed by atoms with Crippen molar-refractivity contribution < 1.29 is 51.9 Å². The van der Waals surface area contributed by atoms with Crippen LogP contribution in [0.1, 0.15) is 70.9 Å². The Morgan fingerprint density at radius 1 is 0.310 bits per heavy atom. The number of rotatable bonds is 20. The maximum absolute atomic E-state index is 12.8. The van der Waals surface area contributed by atoms with Crippen molar-refractivity contribution in [3.05, 3.63) is 230 Å². The summed E-state index contributed by atoms with van der Waals surface area (Å²) in [4.78, 5) is -1.12. The quantitative estimate of drug-likeness (QED) is 0.0414. The lowest BCUT2D eigenvalue weighted by Crippen LogP contribution is -2.19. The van der Waals surface area contributed by atoms with Crippen LogP contribution in [0, 0.1) is 0 Å². The molecule has 16 heteroatoms. The first-order valence-electron chi connectivity index (χ1n) is 28.5. The number of hydrogen-bond donors (Lipinski definition) is 4. The van der Waals surface area contributed by atoms with Gasteiger partial charge in [0.1, 0.15) is 0 Å². The highest BCUT2D eigenvalue weighted by molar-refractivity contribution is 7.86. The molecule has 0 saturated carbocycles. The first-order chi connectivity index (χ1) is 41.4. The highest BCUT2D eigenvalue weighted by Gasteiger charge is 2.28. The van der Waals surface area contributed by atoms with Gasteiger partial charge in [0, 0.05) is 0 Å². The minimum absolute atomic E-state index is 0.120. The van der Waals surface area contributed by atoms with Crippen LogP contribution in [0.25, 0.3) is 100 Å². The fourth-order valence-electron chi connectivity index (χ4n) is 11.6. The van der Waals surface area contributed by atoms with E-state index in [1.54, 1.807) is 42.5 Å². The Kier molecular flexibility index (Phi) is 17.7. The van der Waals surface area contributed by atoms with Crippen LogP contribution < -0.4 is 0 Å². The third-order valence-electron chi connectivity index (χ3n) is 16.7. The van der Waals surface area contributed by atoms with E-state index in [1.807, 2.05) is 103 Å². The highest BCUT2D eigenvalue weighted by Crippen LogP contribution is 2.53. The molecule has 12 nitrogen and oxygen atoms in total. The van der Waals surface area contributed by atoms with E-state index in [-0.39, 0.29) is 25.0 Å². The fourth-order valence-corrected chi connectivity index (χ4v) is 13.6. The van der Waals surface area contributed by atoms with Gasteiger partial charge in [-0.1, -0.05) is 204 Å². The van der Waals surface area contributed by atoms with Gasteiger partial charge in [-0.15, -0.1) is 0 Å². The molecule has 0 radical (unpaired) electrons. The molecule has 0 atom stereocenters. The van der Waals surface area contributed by atoms with Crippen LogP contribution in [0.15, 0.2) is 238 Å². The lowest BCUT2D eigenvalue weighted by Gasteiger charge is -2.28. The maximum atomic E-state index is 12.8. The molecule has 0 bridgehead atoms. The third-order valence-corrected chi connectivity index (χ3v) is 20.1. The summed E-state index contributed by atoms with van der Waals surface area (Å²) in [5.74, 6) is 0. The zero-order chi connectivity index (χ0) is 62.1. The third kappa shape index (κ3) is 13.1. The molecule has 0 amide bonds. The molecule has 4 N–H and O–H groups in total. The summed E-state index contributed by atoms with van der Waals surface area (Å²) in [5, 5.41) is 0. The second kappa shape index (κ2) is 24.9. The standard InChI is InChI=1S/C71H64O12S4/c1-5-8-11-20-55-45-60(87(81,82)83)41-42-61(55)63-44-43-62(47-27-35-57(36-28-47)84(72,73)74)66(50-16-12-9-13-17-50)67(63)52-21-23-54(24-22-52)70-68(51-18-14-10-15-19-51)65(49-29-37-58(38-30-49)85(75,76)77)46-64(48-25-33-56(34-26-48)71(4,6-2)7-3)69(70)53-31-39-59(40-32-53)86(78,79)80/h9-10,12-19,21-46H,5-8,11,20H2,1-4H3,(H,72,73,74)(H,75,76,77)(H,78,79,80)(H,81,82,83). The van der Waals surface area contributed by atoms with Crippen LogP contribution in [0.4, 0.5) is 0 Å². The van der Waals surface area contributed by atoms with E-state index in [0.717, 1.165) is 82.2 Å². The molecule has 0 saturated heterocycles. The van der Waals surface area contributed by atoms with E-state index in [4.69, 9.17) is 0 Å². The first-order valence-corrected chi connectivity index (χ1v) is 34.2. The smallest absolute Gasteiger partial charge is 0.282 e. The molecule has 444 valence electrons. The number of unbranched alkanes of at least 4 members (excludes halogenated alkanes) is 2. The zero-order valence-electron chi connectivity index (χ0n) is 48.2. The largest absolute Gasteiger partial charge is 0.294 e. The molecule has 0 aromatic heterocycles. The predicted molar refractivity (Wildman–Crippen MR) is 346 cm³/mol. The minimum atomic E-state index is -4.62. The van der Waals surface area contributed by atoms with Crippen molar-refractivity contribution in [3.63, 3.8) is 0 Å². The van der Waals surface area contributed by atoms with E-state index in [0.29, 0.717) is 67.6 Å². The Morgan fingerprint density at radius 3 is 1.05 bits per heavy atom. The van der Waals surface area contributed by atoms with E-state index in [2.05, 4.69) is 52.0 Å². The van der Waals surface area contributed by atoms with Gasteiger partial charge in [-0.25, -0.2) is 0 Å². The molecule has 0 aliphatic carbocycles. The average Bonchev–Trinajstić information content (AvgIpc) is 0.974. The summed E-state index contributed by atoms with van der Waals surface area (Å²) in [6.45, 7) is 8.62. The Hall–Kier alpha value is -8.16. The number of hydrogen-bond acceptors (Lipinski definition) is 8. The van der Waals surface area contributed by atoms with Gasteiger partial charge in [0.05, 0.1) is 19.6 Å². The van der Waals surface area contributed by atoms with Gasteiger partial charge in [-0.05, 0) is 197 Å². The van der Waals surface area contributed by atoms with Gasteiger partial charge < -0.3 is 0 Å². The second-order valence-corrected chi connectivity index (χ2v) is 27.6. The van der Waals surface area contributed by atoms with E-state index in [9.17, 15) is 51.9 Å². The van der Waals surface area contributed by atoms with Crippen molar-refractivity contribution in [2.24, 2.45) is 0 Å². The number of aryl methyl sites for hydroxylation is 1. The maximum Gasteiger partial charge on any atom is 0.294 e. The van der Waals surface area contributed by atoms with Crippen molar-refractivity contribution in [2.45, 2.75) is 91.2 Å². The lowest BCUT2D eigenvalue weighted by atomic mass is 9.76. The van der Waals surface area contributed by atoms with Gasteiger partial charge in [0.15, 0.2) is 0 Å². The Balaban J connectivity index is 1.33. The number of benzene rings is 10. The molecular formula is C71H64O12S4.